The largest absolute Gasteiger partial charge is 0.476 e. The van der Waals surface area contributed by atoms with Crippen LogP contribution in [-0.4, -0.2) is 52.2 Å². The maximum Gasteiger partial charge on any atom is 0.437 e. The lowest BCUT2D eigenvalue weighted by Gasteiger charge is -2.37. The van der Waals surface area contributed by atoms with Gasteiger partial charge in [0, 0.05) is 18.7 Å². The van der Waals surface area contributed by atoms with Gasteiger partial charge in [-0.2, -0.15) is 4.68 Å². The highest BCUT2D eigenvalue weighted by Gasteiger charge is 2.36. The molecule has 0 unspecified atom stereocenters. The average molecular weight is 448 g/mol. The van der Waals surface area contributed by atoms with Crippen LogP contribution in [0.15, 0.2) is 63.8 Å². The smallest absolute Gasteiger partial charge is 0.437 e. The lowest BCUT2D eigenvalue weighted by Crippen LogP contribution is -2.53. The molecule has 0 radical (unpaired) electrons. The Morgan fingerprint density at radius 3 is 2.48 bits per heavy atom. The van der Waals surface area contributed by atoms with Crippen LogP contribution in [0.1, 0.15) is 19.3 Å². The average Bonchev–Trinajstić information content (AvgIpc) is 3.23. The lowest BCUT2D eigenvalue weighted by molar-refractivity contribution is -0.139. The summed E-state index contributed by atoms with van der Waals surface area (Å²) in [6.45, 7) is 1.16. The van der Waals surface area contributed by atoms with Crippen LogP contribution in [0.3, 0.4) is 0 Å². The highest BCUT2D eigenvalue weighted by Crippen LogP contribution is 2.34. The van der Waals surface area contributed by atoms with Crippen LogP contribution in [0, 0.1) is 0 Å². The SMILES string of the molecule is O=C([C@@H]1CN(C(=O)Cn2nc(-c3ccccc3)oc2=O)c2ccccc2O1)N1CCCCC1. The van der Waals surface area contributed by atoms with E-state index < -0.39 is 11.9 Å². The second kappa shape index (κ2) is 8.93. The summed E-state index contributed by atoms with van der Waals surface area (Å²) in [6.07, 6.45) is 2.25. The van der Waals surface area contributed by atoms with Crippen LogP contribution in [0.4, 0.5) is 5.69 Å². The minimum atomic E-state index is -0.795. The van der Waals surface area contributed by atoms with Gasteiger partial charge in [-0.15, -0.1) is 5.10 Å². The molecule has 1 atom stereocenters. The Morgan fingerprint density at radius 2 is 1.70 bits per heavy atom. The number of amides is 2. The van der Waals surface area contributed by atoms with E-state index in [0.717, 1.165) is 23.9 Å². The number of rotatable bonds is 4. The van der Waals surface area contributed by atoms with Crippen LogP contribution in [0.25, 0.3) is 11.5 Å². The number of fused-ring (bicyclic) bond motifs is 1. The Labute approximate surface area is 190 Å². The molecule has 0 N–H and O–H groups in total. The minimum Gasteiger partial charge on any atom is -0.476 e. The van der Waals surface area contributed by atoms with E-state index in [0.29, 0.717) is 30.1 Å². The van der Waals surface area contributed by atoms with E-state index in [4.69, 9.17) is 9.15 Å². The Bertz CT molecular complexity index is 1210. The number of piperidine rings is 1. The maximum absolute atomic E-state index is 13.3. The number of anilines is 1. The molecule has 5 rings (SSSR count). The molecule has 2 aromatic carbocycles. The molecule has 2 aliphatic heterocycles. The quantitative estimate of drug-likeness (QED) is 0.608. The van der Waals surface area contributed by atoms with Gasteiger partial charge in [0.1, 0.15) is 12.3 Å². The summed E-state index contributed by atoms with van der Waals surface area (Å²) in [5.41, 5.74) is 1.20. The third-order valence-electron chi connectivity index (χ3n) is 5.93. The topological polar surface area (TPSA) is 97.9 Å². The Hall–Kier alpha value is -3.88. The number of likely N-dealkylation sites (tertiary alicyclic amines) is 1. The van der Waals surface area contributed by atoms with Crippen molar-refractivity contribution in [2.75, 3.05) is 24.5 Å². The molecule has 2 aliphatic rings. The van der Waals surface area contributed by atoms with Gasteiger partial charge in [-0.1, -0.05) is 30.3 Å². The van der Waals surface area contributed by atoms with E-state index in [1.54, 1.807) is 41.3 Å². The molecule has 0 bridgehead atoms. The number of carbonyl (C=O) groups excluding carboxylic acids is 2. The summed E-state index contributed by atoms with van der Waals surface area (Å²) < 4.78 is 12.2. The molecule has 3 heterocycles. The van der Waals surface area contributed by atoms with E-state index in [-0.39, 0.29) is 30.8 Å². The van der Waals surface area contributed by atoms with Crippen molar-refractivity contribution >= 4 is 17.5 Å². The number of hydrogen-bond donors (Lipinski definition) is 0. The van der Waals surface area contributed by atoms with Crippen LogP contribution >= 0.6 is 0 Å². The van der Waals surface area contributed by atoms with Crippen molar-refractivity contribution in [3.8, 4) is 17.2 Å². The van der Waals surface area contributed by atoms with Gasteiger partial charge in [-0.25, -0.2) is 4.79 Å². The number of carbonyl (C=O) groups is 2. The highest BCUT2D eigenvalue weighted by atomic mass is 16.5. The van der Waals surface area contributed by atoms with Gasteiger partial charge in [0.2, 0.25) is 11.8 Å². The molecular weight excluding hydrogens is 424 g/mol. The molecule has 9 nitrogen and oxygen atoms in total. The Kier molecular flexibility index (Phi) is 5.68. The number of ether oxygens (including phenoxy) is 1. The van der Waals surface area contributed by atoms with Gasteiger partial charge in [0.05, 0.1) is 12.2 Å². The van der Waals surface area contributed by atoms with Crippen molar-refractivity contribution in [1.82, 2.24) is 14.7 Å². The zero-order chi connectivity index (χ0) is 22.8. The fourth-order valence-corrected chi connectivity index (χ4v) is 4.23. The number of hydrogen-bond acceptors (Lipinski definition) is 6. The second-order valence-corrected chi connectivity index (χ2v) is 8.16. The molecule has 1 fully saturated rings. The fraction of sp³-hybridized carbons (Fsp3) is 0.333. The van der Waals surface area contributed by atoms with E-state index in [1.165, 1.54) is 4.90 Å². The molecule has 1 aromatic heterocycles. The molecule has 170 valence electrons. The molecule has 0 saturated carbocycles. The van der Waals surface area contributed by atoms with Crippen LogP contribution < -0.4 is 15.4 Å². The third kappa shape index (κ3) is 4.26. The van der Waals surface area contributed by atoms with Crippen LogP contribution in [0.2, 0.25) is 0 Å². The van der Waals surface area contributed by atoms with Gasteiger partial charge in [-0.3, -0.25) is 9.59 Å². The van der Waals surface area contributed by atoms with Crippen molar-refractivity contribution in [1.29, 1.82) is 0 Å². The normalized spacial score (nSPS) is 17.9. The molecule has 2 amide bonds. The molecule has 0 aliphatic carbocycles. The van der Waals surface area contributed by atoms with Crippen molar-refractivity contribution in [3.63, 3.8) is 0 Å². The summed E-state index contributed by atoms with van der Waals surface area (Å²) >= 11 is 0. The predicted octanol–water partition coefficient (Wildman–Crippen LogP) is 2.31. The van der Waals surface area contributed by atoms with E-state index >= 15 is 0 Å². The summed E-state index contributed by atoms with van der Waals surface area (Å²) in [5, 5.41) is 4.18. The first-order valence-electron chi connectivity index (χ1n) is 11.1. The van der Waals surface area contributed by atoms with Crippen molar-refractivity contribution in [3.05, 3.63) is 65.1 Å². The second-order valence-electron chi connectivity index (χ2n) is 8.16. The highest BCUT2D eigenvalue weighted by molar-refractivity contribution is 5.97. The zero-order valence-electron chi connectivity index (χ0n) is 18.1. The lowest BCUT2D eigenvalue weighted by atomic mass is 10.1. The molecule has 9 heteroatoms. The Balaban J connectivity index is 1.38. The summed E-state index contributed by atoms with van der Waals surface area (Å²) in [7, 11) is 0. The summed E-state index contributed by atoms with van der Waals surface area (Å²) in [5.74, 6) is -0.604. The van der Waals surface area contributed by atoms with Crippen LogP contribution in [0.5, 0.6) is 5.75 Å². The maximum atomic E-state index is 13.3. The first-order valence-corrected chi connectivity index (χ1v) is 11.1. The zero-order valence-corrected chi connectivity index (χ0v) is 18.1. The van der Waals surface area contributed by atoms with Gasteiger partial charge in [0.15, 0.2) is 6.10 Å². The van der Waals surface area contributed by atoms with Crippen molar-refractivity contribution < 1.29 is 18.7 Å². The van der Waals surface area contributed by atoms with Gasteiger partial charge in [0.25, 0.3) is 5.91 Å². The first kappa shape index (κ1) is 21.0. The van der Waals surface area contributed by atoms with Crippen LogP contribution in [-0.2, 0) is 16.1 Å². The van der Waals surface area contributed by atoms with Gasteiger partial charge >= 0.3 is 5.76 Å². The number of nitrogens with zero attached hydrogens (tertiary/aromatic N) is 4. The number of para-hydroxylation sites is 2. The van der Waals surface area contributed by atoms with E-state index in [2.05, 4.69) is 5.10 Å². The Morgan fingerprint density at radius 1 is 0.970 bits per heavy atom. The molecule has 3 aromatic rings. The summed E-state index contributed by atoms with van der Waals surface area (Å²) in [6, 6.07) is 16.1. The fourth-order valence-electron chi connectivity index (χ4n) is 4.23. The molecule has 0 spiro atoms. The molecule has 1 saturated heterocycles. The molecular formula is C24H24N4O5. The van der Waals surface area contributed by atoms with Crippen molar-refractivity contribution in [2.24, 2.45) is 0 Å². The first-order chi connectivity index (χ1) is 16.1. The monoisotopic (exact) mass is 448 g/mol. The minimum absolute atomic E-state index is 0.0727. The standard InChI is InChI=1S/C24H24N4O5/c29-21(16-28-24(31)33-22(25-28)17-9-3-1-4-10-17)27-15-20(23(30)26-13-7-2-8-14-26)32-19-12-6-5-11-18(19)27/h1,3-6,9-12,20H,2,7-8,13-16H2/t20-/m0/s1. The van der Waals surface area contributed by atoms with E-state index in [9.17, 15) is 14.4 Å². The van der Waals surface area contributed by atoms with Gasteiger partial charge in [-0.05, 0) is 43.5 Å². The van der Waals surface area contributed by atoms with E-state index in [1.807, 2.05) is 18.2 Å². The number of aromatic nitrogens is 2. The third-order valence-corrected chi connectivity index (χ3v) is 5.93. The summed E-state index contributed by atoms with van der Waals surface area (Å²) in [4.78, 5) is 42.0. The van der Waals surface area contributed by atoms with Crippen molar-refractivity contribution in [2.45, 2.75) is 31.9 Å². The van der Waals surface area contributed by atoms with Gasteiger partial charge < -0.3 is 19.0 Å². The predicted molar refractivity (Wildman–Crippen MR) is 120 cm³/mol. The molecule has 33 heavy (non-hydrogen) atoms. The number of benzene rings is 2.